The van der Waals surface area contributed by atoms with Crippen molar-refractivity contribution in [1.82, 2.24) is 5.32 Å². The van der Waals surface area contributed by atoms with Gasteiger partial charge in [0.25, 0.3) is 0 Å². The summed E-state index contributed by atoms with van der Waals surface area (Å²) in [7, 11) is 0. The third kappa shape index (κ3) is 2.30. The first kappa shape index (κ1) is 13.5. The van der Waals surface area contributed by atoms with Gasteiger partial charge in [-0.1, -0.05) is 18.2 Å². The Morgan fingerprint density at radius 3 is 2.20 bits per heavy atom. The van der Waals surface area contributed by atoms with Gasteiger partial charge in [-0.15, -0.1) is 11.8 Å². The average molecular weight is 291 g/mol. The van der Waals surface area contributed by atoms with Gasteiger partial charge in [-0.25, -0.2) is 4.79 Å². The van der Waals surface area contributed by atoms with Crippen LogP contribution in [0.3, 0.4) is 0 Å². The van der Waals surface area contributed by atoms with Gasteiger partial charge < -0.3 is 10.4 Å². The Bertz CT molecular complexity index is 535. The van der Waals surface area contributed by atoms with Crippen LogP contribution in [-0.4, -0.2) is 27.3 Å². The first-order chi connectivity index (χ1) is 9.56. The number of amides is 1. The molecule has 106 valence electrons. The first-order valence-corrected chi connectivity index (χ1v) is 7.68. The minimum absolute atomic E-state index is 0.117. The fraction of sp³-hybridized carbons (Fsp3) is 0.467. The molecular weight excluding hydrogens is 274 g/mol. The van der Waals surface area contributed by atoms with E-state index in [1.807, 2.05) is 30.3 Å². The van der Waals surface area contributed by atoms with Crippen molar-refractivity contribution in [3.63, 3.8) is 0 Å². The second kappa shape index (κ2) is 4.81. The molecule has 2 saturated carbocycles. The van der Waals surface area contributed by atoms with Crippen molar-refractivity contribution in [3.05, 3.63) is 30.3 Å². The number of carboxylic acids is 1. The standard InChI is InChI=1S/C15H17NO3S/c17-12(16-14(13(18)19)7-4-8-14)15(9-10-15)20-11-5-2-1-3-6-11/h1-3,5-6H,4,7-10H2,(H,16,17)(H,18,19). The molecule has 1 amide bonds. The van der Waals surface area contributed by atoms with Gasteiger partial charge in [0.05, 0.1) is 4.75 Å². The molecule has 4 nitrogen and oxygen atoms in total. The smallest absolute Gasteiger partial charge is 0.329 e. The van der Waals surface area contributed by atoms with Crippen LogP contribution >= 0.6 is 11.8 Å². The number of hydrogen-bond acceptors (Lipinski definition) is 3. The summed E-state index contributed by atoms with van der Waals surface area (Å²) in [4.78, 5) is 24.8. The molecule has 0 unspecified atom stereocenters. The molecule has 5 heteroatoms. The minimum atomic E-state index is -1.01. The Labute approximate surface area is 121 Å². The van der Waals surface area contributed by atoms with E-state index in [2.05, 4.69) is 5.32 Å². The monoisotopic (exact) mass is 291 g/mol. The molecule has 20 heavy (non-hydrogen) atoms. The Morgan fingerprint density at radius 2 is 1.75 bits per heavy atom. The summed E-state index contributed by atoms with van der Waals surface area (Å²) in [6, 6.07) is 9.79. The summed E-state index contributed by atoms with van der Waals surface area (Å²) in [5, 5.41) is 12.1. The van der Waals surface area contributed by atoms with Crippen LogP contribution in [0, 0.1) is 0 Å². The zero-order valence-corrected chi connectivity index (χ0v) is 11.9. The Morgan fingerprint density at radius 1 is 1.10 bits per heavy atom. The zero-order valence-electron chi connectivity index (χ0n) is 11.1. The molecule has 2 fully saturated rings. The third-order valence-electron chi connectivity index (χ3n) is 4.14. The van der Waals surface area contributed by atoms with E-state index in [0.29, 0.717) is 12.8 Å². The Balaban J connectivity index is 1.69. The topological polar surface area (TPSA) is 66.4 Å². The van der Waals surface area contributed by atoms with E-state index in [-0.39, 0.29) is 5.91 Å². The molecule has 0 heterocycles. The van der Waals surface area contributed by atoms with Crippen molar-refractivity contribution in [2.75, 3.05) is 0 Å². The zero-order chi connectivity index (χ0) is 14.2. The number of carbonyl (C=O) groups is 2. The van der Waals surface area contributed by atoms with Crippen LogP contribution in [0.1, 0.15) is 32.1 Å². The summed E-state index contributed by atoms with van der Waals surface area (Å²) in [6.07, 6.45) is 3.58. The van der Waals surface area contributed by atoms with Crippen LogP contribution in [0.4, 0.5) is 0 Å². The molecule has 0 saturated heterocycles. The number of nitrogens with one attached hydrogen (secondary N) is 1. The van der Waals surface area contributed by atoms with Crippen LogP contribution in [0.15, 0.2) is 35.2 Å². The third-order valence-corrected chi connectivity index (χ3v) is 5.64. The van der Waals surface area contributed by atoms with E-state index >= 15 is 0 Å². The molecule has 0 atom stereocenters. The second-order valence-corrected chi connectivity index (χ2v) is 7.06. The predicted octanol–water partition coefficient (Wildman–Crippen LogP) is 2.43. The number of benzene rings is 1. The normalized spacial score (nSPS) is 21.6. The quantitative estimate of drug-likeness (QED) is 0.874. The van der Waals surface area contributed by atoms with Gasteiger partial charge in [0.1, 0.15) is 5.54 Å². The molecule has 3 rings (SSSR count). The lowest BCUT2D eigenvalue weighted by atomic mass is 9.76. The highest BCUT2D eigenvalue weighted by Gasteiger charge is 2.55. The molecule has 0 radical (unpaired) electrons. The van der Waals surface area contributed by atoms with E-state index < -0.39 is 16.3 Å². The summed E-state index contributed by atoms with van der Waals surface area (Å²) < 4.78 is -0.459. The van der Waals surface area contributed by atoms with Gasteiger partial charge in [0.2, 0.25) is 5.91 Å². The molecule has 0 aliphatic heterocycles. The van der Waals surface area contributed by atoms with Crippen molar-refractivity contribution in [3.8, 4) is 0 Å². The van der Waals surface area contributed by atoms with Crippen LogP contribution in [-0.2, 0) is 9.59 Å². The van der Waals surface area contributed by atoms with E-state index in [9.17, 15) is 14.7 Å². The van der Waals surface area contributed by atoms with E-state index in [4.69, 9.17) is 0 Å². The molecule has 0 aromatic heterocycles. The van der Waals surface area contributed by atoms with Crippen molar-refractivity contribution >= 4 is 23.6 Å². The van der Waals surface area contributed by atoms with Gasteiger partial charge in [0.15, 0.2) is 0 Å². The highest BCUT2D eigenvalue weighted by Crippen LogP contribution is 2.52. The number of rotatable bonds is 5. The lowest BCUT2D eigenvalue weighted by Gasteiger charge is -2.39. The molecule has 2 aliphatic rings. The lowest BCUT2D eigenvalue weighted by molar-refractivity contribution is -0.151. The van der Waals surface area contributed by atoms with E-state index in [1.165, 1.54) is 0 Å². The Kier molecular flexibility index (Phi) is 3.24. The number of carbonyl (C=O) groups excluding carboxylic acids is 1. The second-order valence-electron chi connectivity index (χ2n) is 5.60. The van der Waals surface area contributed by atoms with Crippen molar-refractivity contribution < 1.29 is 14.7 Å². The number of hydrogen-bond donors (Lipinski definition) is 2. The van der Waals surface area contributed by atoms with Gasteiger partial charge in [-0.2, -0.15) is 0 Å². The highest BCUT2D eigenvalue weighted by atomic mass is 32.2. The van der Waals surface area contributed by atoms with Crippen molar-refractivity contribution in [2.45, 2.75) is 47.3 Å². The molecule has 2 aliphatic carbocycles. The fourth-order valence-electron chi connectivity index (χ4n) is 2.46. The van der Waals surface area contributed by atoms with E-state index in [0.717, 1.165) is 24.2 Å². The number of aliphatic carboxylic acids is 1. The molecule has 2 N–H and O–H groups in total. The Hall–Kier alpha value is -1.49. The molecule has 0 spiro atoms. The molecular formula is C15H17NO3S. The lowest BCUT2D eigenvalue weighted by Crippen LogP contribution is -2.61. The molecule has 1 aromatic rings. The maximum atomic E-state index is 12.4. The molecule has 1 aromatic carbocycles. The maximum Gasteiger partial charge on any atom is 0.329 e. The van der Waals surface area contributed by atoms with Crippen LogP contribution in [0.2, 0.25) is 0 Å². The number of thioether (sulfide) groups is 1. The molecule has 0 bridgehead atoms. The van der Waals surface area contributed by atoms with Gasteiger partial charge in [-0.3, -0.25) is 4.79 Å². The minimum Gasteiger partial charge on any atom is -0.480 e. The first-order valence-electron chi connectivity index (χ1n) is 6.87. The van der Waals surface area contributed by atoms with Gasteiger partial charge in [0, 0.05) is 4.90 Å². The predicted molar refractivity (Wildman–Crippen MR) is 76.6 cm³/mol. The summed E-state index contributed by atoms with van der Waals surface area (Å²) in [6.45, 7) is 0. The maximum absolute atomic E-state index is 12.4. The number of carboxylic acid groups (broad SMARTS) is 1. The van der Waals surface area contributed by atoms with Crippen LogP contribution in [0.25, 0.3) is 0 Å². The van der Waals surface area contributed by atoms with Crippen LogP contribution in [0.5, 0.6) is 0 Å². The fourth-order valence-corrected chi connectivity index (χ4v) is 3.65. The van der Waals surface area contributed by atoms with Gasteiger partial charge >= 0.3 is 5.97 Å². The largest absolute Gasteiger partial charge is 0.480 e. The van der Waals surface area contributed by atoms with E-state index in [1.54, 1.807) is 11.8 Å². The van der Waals surface area contributed by atoms with Crippen molar-refractivity contribution in [2.24, 2.45) is 0 Å². The van der Waals surface area contributed by atoms with Gasteiger partial charge in [-0.05, 0) is 44.2 Å². The highest BCUT2D eigenvalue weighted by molar-refractivity contribution is 8.01. The SMILES string of the molecule is O=C(O)C1(NC(=O)C2(Sc3ccccc3)CC2)CCC1. The van der Waals surface area contributed by atoms with Crippen molar-refractivity contribution in [1.29, 1.82) is 0 Å². The summed E-state index contributed by atoms with van der Waals surface area (Å²) in [5.74, 6) is -1.02. The summed E-state index contributed by atoms with van der Waals surface area (Å²) in [5.41, 5.74) is -1.01. The summed E-state index contributed by atoms with van der Waals surface area (Å²) >= 11 is 1.55. The van der Waals surface area contributed by atoms with Crippen LogP contribution < -0.4 is 5.32 Å². The average Bonchev–Trinajstić information content (AvgIpc) is 3.15.